The number of aromatic nitrogens is 6. The summed E-state index contributed by atoms with van der Waals surface area (Å²) in [5, 5.41) is 17.6. The third-order valence-electron chi connectivity index (χ3n) is 8.16. The van der Waals surface area contributed by atoms with Crippen LogP contribution in [0.15, 0.2) is 9.32 Å². The van der Waals surface area contributed by atoms with Crippen molar-refractivity contribution < 1.29 is 9.63 Å². The molecule has 0 spiro atoms. The number of aliphatic hydroxyl groups is 1. The number of rotatable bonds is 9. The maximum Gasteiger partial charge on any atom is 0.439 e. The third kappa shape index (κ3) is 4.85. The molecule has 2 atom stereocenters. The van der Waals surface area contributed by atoms with Crippen LogP contribution >= 0.6 is 0 Å². The summed E-state index contributed by atoms with van der Waals surface area (Å²) in [6.45, 7) is 7.47. The number of fused-ring (bicyclic) bond motifs is 1. The number of nitrogens with zero attached hydrogens (tertiary/aromatic N) is 5. The second-order valence-electron chi connectivity index (χ2n) is 10.6. The molecule has 3 aromatic heterocycles. The molecule has 0 saturated heterocycles. The minimum atomic E-state index is -0.648. The number of aliphatic hydroxyl groups excluding tert-OH is 1. The molecule has 0 radical (unpaired) electrons. The van der Waals surface area contributed by atoms with Gasteiger partial charge in [0.05, 0.1) is 6.61 Å². The lowest BCUT2D eigenvalue weighted by atomic mass is 9.80. The summed E-state index contributed by atoms with van der Waals surface area (Å²) in [7, 11) is 0. The van der Waals surface area contributed by atoms with E-state index in [0.29, 0.717) is 23.3 Å². The zero-order chi connectivity index (χ0) is 24.5. The van der Waals surface area contributed by atoms with E-state index in [1.165, 1.54) is 44.9 Å². The van der Waals surface area contributed by atoms with Gasteiger partial charge in [-0.25, -0.2) is 19.7 Å². The van der Waals surface area contributed by atoms with Crippen LogP contribution in [-0.2, 0) is 6.54 Å². The lowest BCUT2D eigenvalue weighted by molar-refractivity contribution is 0.243. The van der Waals surface area contributed by atoms with Crippen LogP contribution in [0, 0.1) is 17.8 Å². The molecule has 0 aliphatic heterocycles. The van der Waals surface area contributed by atoms with E-state index in [2.05, 4.69) is 45.8 Å². The Kier molecular flexibility index (Phi) is 6.91. The Morgan fingerprint density at radius 3 is 2.54 bits per heavy atom. The van der Waals surface area contributed by atoms with Crippen LogP contribution < -0.4 is 11.1 Å². The number of aromatic amines is 1. The van der Waals surface area contributed by atoms with E-state index in [-0.39, 0.29) is 30.2 Å². The van der Waals surface area contributed by atoms with Gasteiger partial charge in [-0.05, 0) is 56.8 Å². The number of anilines is 1. The predicted octanol–water partition coefficient (Wildman–Crippen LogP) is 4.08. The van der Waals surface area contributed by atoms with Crippen molar-refractivity contribution in [2.24, 2.45) is 17.8 Å². The molecular weight excluding hydrogens is 446 g/mol. The van der Waals surface area contributed by atoms with Crippen molar-refractivity contribution in [2.75, 3.05) is 11.9 Å². The first-order chi connectivity index (χ1) is 17.0. The van der Waals surface area contributed by atoms with Gasteiger partial charge in [-0.3, -0.25) is 9.51 Å². The minimum Gasteiger partial charge on any atom is -0.396 e. The van der Waals surface area contributed by atoms with E-state index >= 15 is 0 Å². The Bertz CT molecular complexity index is 1200. The van der Waals surface area contributed by atoms with E-state index in [0.717, 1.165) is 30.2 Å². The van der Waals surface area contributed by atoms with Gasteiger partial charge in [0.1, 0.15) is 11.3 Å². The van der Waals surface area contributed by atoms with Gasteiger partial charge in [0, 0.05) is 18.5 Å². The lowest BCUT2D eigenvalue weighted by Crippen LogP contribution is -2.31. The van der Waals surface area contributed by atoms with Crippen molar-refractivity contribution in [3.8, 4) is 11.6 Å². The van der Waals surface area contributed by atoms with Crippen LogP contribution in [0.3, 0.4) is 0 Å². The van der Waals surface area contributed by atoms with E-state index in [9.17, 15) is 9.90 Å². The zero-order valence-electron chi connectivity index (χ0n) is 21.0. The summed E-state index contributed by atoms with van der Waals surface area (Å²) in [5.74, 6) is 3.21. The van der Waals surface area contributed by atoms with Crippen molar-refractivity contribution in [3.05, 3.63) is 16.4 Å². The molecular formula is C25H37N7O3. The summed E-state index contributed by atoms with van der Waals surface area (Å²) in [4.78, 5) is 28.6. The summed E-state index contributed by atoms with van der Waals surface area (Å²) in [5.41, 5.74) is 1.42. The molecule has 2 saturated carbocycles. The topological polar surface area (TPSA) is 135 Å². The van der Waals surface area contributed by atoms with Crippen LogP contribution in [0.25, 0.3) is 22.8 Å². The highest BCUT2D eigenvalue weighted by Crippen LogP contribution is 2.36. The number of hydrogen-bond donors (Lipinski definition) is 3. The molecule has 10 nitrogen and oxygen atoms in total. The van der Waals surface area contributed by atoms with E-state index in [1.807, 2.05) is 0 Å². The fraction of sp³-hybridized carbons (Fsp3) is 0.720. The molecule has 3 N–H and O–H groups in total. The van der Waals surface area contributed by atoms with Crippen LogP contribution in [0.2, 0.25) is 0 Å². The summed E-state index contributed by atoms with van der Waals surface area (Å²) < 4.78 is 6.96. The van der Waals surface area contributed by atoms with Crippen molar-refractivity contribution in [3.63, 3.8) is 0 Å². The average Bonchev–Trinajstić information content (AvgIpc) is 3.39. The van der Waals surface area contributed by atoms with Gasteiger partial charge in [0.15, 0.2) is 11.5 Å². The van der Waals surface area contributed by atoms with E-state index in [1.54, 1.807) is 0 Å². The zero-order valence-corrected chi connectivity index (χ0v) is 21.0. The quantitative estimate of drug-likeness (QED) is 0.414. The summed E-state index contributed by atoms with van der Waals surface area (Å²) >= 11 is 0. The SMILES string of the molecule is CCC(CO)c1nc2nc(-c3noc(=O)[nH]3)nc(NC(C)C3CCC3)c2n1CC1CCC(C)CC1. The fourth-order valence-corrected chi connectivity index (χ4v) is 5.52. The third-order valence-corrected chi connectivity index (χ3v) is 8.16. The highest BCUT2D eigenvalue weighted by atomic mass is 16.5. The van der Waals surface area contributed by atoms with Gasteiger partial charge >= 0.3 is 5.76 Å². The molecule has 10 heteroatoms. The minimum absolute atomic E-state index is 0.0274. The molecule has 3 heterocycles. The van der Waals surface area contributed by atoms with Crippen molar-refractivity contribution >= 4 is 17.0 Å². The lowest BCUT2D eigenvalue weighted by Gasteiger charge is -2.32. The van der Waals surface area contributed by atoms with E-state index < -0.39 is 5.76 Å². The molecule has 5 rings (SSSR count). The molecule has 0 aromatic carbocycles. The first kappa shape index (κ1) is 24.0. The molecule has 3 aromatic rings. The van der Waals surface area contributed by atoms with Crippen LogP contribution in [0.5, 0.6) is 0 Å². The number of imidazole rings is 1. The largest absolute Gasteiger partial charge is 0.439 e. The molecule has 2 unspecified atom stereocenters. The maximum atomic E-state index is 11.6. The summed E-state index contributed by atoms with van der Waals surface area (Å²) in [6.07, 6.45) is 9.32. The highest BCUT2D eigenvalue weighted by molar-refractivity contribution is 5.85. The second kappa shape index (κ2) is 10.1. The van der Waals surface area contributed by atoms with Crippen LogP contribution in [0.1, 0.15) is 83.9 Å². The smallest absolute Gasteiger partial charge is 0.396 e. The Labute approximate surface area is 204 Å². The maximum absolute atomic E-state index is 11.6. The van der Waals surface area contributed by atoms with Gasteiger partial charge in [-0.2, -0.15) is 0 Å². The molecule has 0 bridgehead atoms. The fourth-order valence-electron chi connectivity index (χ4n) is 5.52. The molecule has 2 aliphatic carbocycles. The van der Waals surface area contributed by atoms with E-state index in [4.69, 9.17) is 14.5 Å². The first-order valence-electron chi connectivity index (χ1n) is 13.2. The Hall–Kier alpha value is -2.75. The van der Waals surface area contributed by atoms with Gasteiger partial charge in [0.2, 0.25) is 11.6 Å². The number of H-pyrrole nitrogens is 1. The van der Waals surface area contributed by atoms with Gasteiger partial charge in [0.25, 0.3) is 0 Å². The molecule has 190 valence electrons. The monoisotopic (exact) mass is 483 g/mol. The number of nitrogens with one attached hydrogen (secondary N) is 2. The van der Waals surface area contributed by atoms with Crippen LogP contribution in [0.4, 0.5) is 5.82 Å². The predicted molar refractivity (Wildman–Crippen MR) is 133 cm³/mol. The molecule has 2 fully saturated rings. The normalized spacial score (nSPS) is 22.7. The van der Waals surface area contributed by atoms with Crippen molar-refractivity contribution in [1.82, 2.24) is 29.7 Å². The van der Waals surface area contributed by atoms with Gasteiger partial charge in [-0.1, -0.05) is 38.3 Å². The number of hydrogen-bond acceptors (Lipinski definition) is 8. The van der Waals surface area contributed by atoms with Gasteiger partial charge < -0.3 is 15.0 Å². The molecule has 35 heavy (non-hydrogen) atoms. The van der Waals surface area contributed by atoms with Crippen LogP contribution in [-0.4, -0.2) is 47.4 Å². The first-order valence-corrected chi connectivity index (χ1v) is 13.2. The van der Waals surface area contributed by atoms with Gasteiger partial charge in [-0.15, -0.1) is 0 Å². The highest BCUT2D eigenvalue weighted by Gasteiger charge is 2.29. The van der Waals surface area contributed by atoms with Crippen molar-refractivity contribution in [1.29, 1.82) is 0 Å². The molecule has 0 amide bonds. The average molecular weight is 484 g/mol. The summed E-state index contributed by atoms with van der Waals surface area (Å²) in [6, 6.07) is 0.244. The molecule has 2 aliphatic rings. The Morgan fingerprint density at radius 1 is 1.17 bits per heavy atom. The second-order valence-corrected chi connectivity index (χ2v) is 10.6. The Balaban J connectivity index is 1.63. The standard InChI is InChI=1S/C25H37N7O3/c1-4-17(13-33)24-29-21-19(32(24)12-16-10-8-14(2)9-11-16)20(26-15(3)18-6-5-7-18)27-22(28-21)23-30-25(34)35-31-23/h14-18,33H,4-13H2,1-3H3,(H,26,27,28)(H,30,31,34). The van der Waals surface area contributed by atoms with Crippen molar-refractivity contribution in [2.45, 2.75) is 90.6 Å². The Morgan fingerprint density at radius 2 is 1.94 bits per heavy atom.